The molecule has 0 N–H and O–H groups in total. The first kappa shape index (κ1) is 9.11. The van der Waals surface area contributed by atoms with Gasteiger partial charge in [-0.1, -0.05) is 0 Å². The van der Waals surface area contributed by atoms with Crippen molar-refractivity contribution < 1.29 is 13.2 Å². The minimum Gasteiger partial charge on any atom is -0.291 e. The van der Waals surface area contributed by atoms with Crippen molar-refractivity contribution in [2.24, 2.45) is 4.99 Å². The Balaban J connectivity index is 2.45. The summed E-state index contributed by atoms with van der Waals surface area (Å²) in [5.41, 5.74) is 0.992. The molecule has 1 aromatic rings. The number of aliphatic imine (C=N–C) groups is 1. The summed E-state index contributed by atoms with van der Waals surface area (Å²) in [5.74, 6) is -1.11. The summed E-state index contributed by atoms with van der Waals surface area (Å²) in [6.07, 6.45) is -1.31. The fourth-order valence-electron chi connectivity index (χ4n) is 1.20. The van der Waals surface area contributed by atoms with E-state index in [0.29, 0.717) is 18.5 Å². The molecular weight excluding hydrogens is 195 g/mol. The van der Waals surface area contributed by atoms with E-state index in [1.54, 1.807) is 0 Å². The van der Waals surface area contributed by atoms with E-state index in [1.807, 2.05) is 0 Å². The van der Waals surface area contributed by atoms with Gasteiger partial charge in [-0.05, 0) is 12.0 Å². The Labute approximate surface area is 77.7 Å². The van der Waals surface area contributed by atoms with E-state index in [1.165, 1.54) is 12.4 Å². The van der Waals surface area contributed by atoms with Gasteiger partial charge in [0.25, 0.3) is 0 Å². The molecule has 1 aliphatic rings. The molecule has 0 amide bonds. The average molecular weight is 201 g/mol. The van der Waals surface area contributed by atoms with Gasteiger partial charge in [-0.15, -0.1) is 0 Å². The third-order valence-electron chi connectivity index (χ3n) is 1.88. The van der Waals surface area contributed by atoms with Crippen LogP contribution in [-0.4, -0.2) is 22.7 Å². The summed E-state index contributed by atoms with van der Waals surface area (Å²) in [7, 11) is 0. The van der Waals surface area contributed by atoms with Crippen molar-refractivity contribution in [2.45, 2.75) is 12.6 Å². The third-order valence-corrected chi connectivity index (χ3v) is 1.88. The van der Waals surface area contributed by atoms with Gasteiger partial charge in [0.15, 0.2) is 0 Å². The molecule has 2 heterocycles. The molecule has 0 saturated heterocycles. The van der Waals surface area contributed by atoms with E-state index in [2.05, 4.69) is 15.0 Å². The molecule has 0 aliphatic carbocycles. The number of alkyl halides is 3. The highest BCUT2D eigenvalue weighted by molar-refractivity contribution is 5.79. The van der Waals surface area contributed by atoms with Crippen LogP contribution in [0.5, 0.6) is 0 Å². The van der Waals surface area contributed by atoms with Gasteiger partial charge in [-0.25, -0.2) is 9.97 Å². The lowest BCUT2D eigenvalue weighted by molar-refractivity contribution is -0.145. The Morgan fingerprint density at radius 3 is 2.79 bits per heavy atom. The van der Waals surface area contributed by atoms with Crippen LogP contribution in [-0.2, 0) is 12.6 Å². The van der Waals surface area contributed by atoms with Crippen LogP contribution in [0.1, 0.15) is 17.1 Å². The first-order valence-corrected chi connectivity index (χ1v) is 4.00. The zero-order chi connectivity index (χ0) is 10.2. The molecule has 14 heavy (non-hydrogen) atoms. The number of aromatic nitrogens is 2. The van der Waals surface area contributed by atoms with Crippen LogP contribution in [0.3, 0.4) is 0 Å². The smallest absolute Gasteiger partial charge is 0.291 e. The van der Waals surface area contributed by atoms with Crippen LogP contribution in [0.15, 0.2) is 11.2 Å². The van der Waals surface area contributed by atoms with Gasteiger partial charge in [-0.2, -0.15) is 13.2 Å². The molecule has 0 saturated carbocycles. The van der Waals surface area contributed by atoms with E-state index in [0.717, 1.165) is 0 Å². The number of halogens is 3. The lowest BCUT2D eigenvalue weighted by Gasteiger charge is -2.10. The van der Waals surface area contributed by atoms with Gasteiger partial charge < -0.3 is 0 Å². The van der Waals surface area contributed by atoms with Gasteiger partial charge in [0.05, 0.1) is 5.69 Å². The van der Waals surface area contributed by atoms with Crippen LogP contribution in [0.2, 0.25) is 0 Å². The van der Waals surface area contributed by atoms with E-state index in [9.17, 15) is 13.2 Å². The van der Waals surface area contributed by atoms with Crippen LogP contribution < -0.4 is 0 Å². The Bertz CT molecular complexity index is 384. The molecule has 2 rings (SSSR count). The maximum absolute atomic E-state index is 12.2. The Hall–Kier alpha value is -1.46. The van der Waals surface area contributed by atoms with E-state index >= 15 is 0 Å². The Morgan fingerprint density at radius 2 is 2.07 bits per heavy atom. The summed E-state index contributed by atoms with van der Waals surface area (Å²) in [6.45, 7) is 0.585. The Morgan fingerprint density at radius 1 is 1.29 bits per heavy atom. The van der Waals surface area contributed by atoms with Crippen molar-refractivity contribution in [2.75, 3.05) is 6.54 Å². The second kappa shape index (κ2) is 3.04. The summed E-state index contributed by atoms with van der Waals surface area (Å²) < 4.78 is 36.6. The van der Waals surface area contributed by atoms with Crippen LogP contribution in [0, 0.1) is 0 Å². The van der Waals surface area contributed by atoms with Crippen LogP contribution >= 0.6 is 0 Å². The van der Waals surface area contributed by atoms with E-state index in [4.69, 9.17) is 0 Å². The van der Waals surface area contributed by atoms with Crippen LogP contribution in [0.25, 0.3) is 0 Å². The second-order valence-electron chi connectivity index (χ2n) is 2.89. The molecule has 3 nitrogen and oxygen atoms in total. The molecule has 74 valence electrons. The zero-order valence-electron chi connectivity index (χ0n) is 7.04. The normalized spacial score (nSPS) is 15.4. The first-order chi connectivity index (χ1) is 6.57. The second-order valence-corrected chi connectivity index (χ2v) is 2.89. The molecule has 0 radical (unpaired) electrons. The monoisotopic (exact) mass is 201 g/mol. The first-order valence-electron chi connectivity index (χ1n) is 4.00. The standard InChI is InChI=1S/C8H6F3N3/c9-8(10,11)7-13-3-5-1-2-12-4-6(5)14-7/h3-4H,1-2H2. The third kappa shape index (κ3) is 1.59. The van der Waals surface area contributed by atoms with Gasteiger partial charge >= 0.3 is 6.18 Å². The molecule has 0 spiro atoms. The Kier molecular flexibility index (Phi) is 1.98. The molecule has 0 unspecified atom stereocenters. The maximum Gasteiger partial charge on any atom is 0.451 e. The summed E-state index contributed by atoms with van der Waals surface area (Å²) in [4.78, 5) is 10.5. The lowest BCUT2D eigenvalue weighted by atomic mass is 10.1. The van der Waals surface area contributed by atoms with Gasteiger partial charge in [0.1, 0.15) is 0 Å². The number of hydrogen-bond acceptors (Lipinski definition) is 3. The average Bonchev–Trinajstić information content (AvgIpc) is 2.16. The molecule has 0 atom stereocenters. The van der Waals surface area contributed by atoms with Crippen molar-refractivity contribution in [3.05, 3.63) is 23.3 Å². The number of rotatable bonds is 0. The number of nitrogens with zero attached hydrogens (tertiary/aromatic N) is 3. The predicted octanol–water partition coefficient (Wildman–Crippen LogP) is 1.47. The molecule has 0 bridgehead atoms. The molecule has 0 aromatic carbocycles. The molecule has 0 fully saturated rings. The predicted molar refractivity (Wildman–Crippen MR) is 43.2 cm³/mol. The van der Waals surface area contributed by atoms with Crippen molar-refractivity contribution >= 4 is 6.21 Å². The summed E-state index contributed by atoms with van der Waals surface area (Å²) >= 11 is 0. The maximum atomic E-state index is 12.2. The highest BCUT2D eigenvalue weighted by Gasteiger charge is 2.35. The van der Waals surface area contributed by atoms with Crippen molar-refractivity contribution in [1.29, 1.82) is 0 Å². The minimum atomic E-state index is -4.49. The van der Waals surface area contributed by atoms with Gasteiger partial charge in [0.2, 0.25) is 5.82 Å². The fourth-order valence-corrected chi connectivity index (χ4v) is 1.20. The van der Waals surface area contributed by atoms with Gasteiger partial charge in [0, 0.05) is 19.0 Å². The van der Waals surface area contributed by atoms with E-state index < -0.39 is 12.0 Å². The van der Waals surface area contributed by atoms with Gasteiger partial charge in [-0.3, -0.25) is 4.99 Å². The number of hydrogen-bond donors (Lipinski definition) is 0. The molecule has 1 aliphatic heterocycles. The van der Waals surface area contributed by atoms with Crippen LogP contribution in [0.4, 0.5) is 13.2 Å². The number of fused-ring (bicyclic) bond motifs is 1. The zero-order valence-corrected chi connectivity index (χ0v) is 7.04. The fraction of sp³-hybridized carbons (Fsp3) is 0.375. The van der Waals surface area contributed by atoms with Crippen molar-refractivity contribution in [3.8, 4) is 0 Å². The highest BCUT2D eigenvalue weighted by Crippen LogP contribution is 2.26. The lowest BCUT2D eigenvalue weighted by Crippen LogP contribution is -2.15. The molecule has 1 aromatic heterocycles. The largest absolute Gasteiger partial charge is 0.451 e. The SMILES string of the molecule is FC(F)(F)c1ncc2c(n1)C=NCC2. The summed E-state index contributed by atoms with van der Waals surface area (Å²) in [5, 5.41) is 0. The van der Waals surface area contributed by atoms with E-state index in [-0.39, 0.29) is 5.69 Å². The minimum absolute atomic E-state index is 0.276. The van der Waals surface area contributed by atoms with Crippen molar-refractivity contribution in [1.82, 2.24) is 9.97 Å². The summed E-state index contributed by atoms with van der Waals surface area (Å²) in [6, 6.07) is 0. The van der Waals surface area contributed by atoms with Crippen molar-refractivity contribution in [3.63, 3.8) is 0 Å². The molecular formula is C8H6F3N3. The molecule has 6 heteroatoms. The topological polar surface area (TPSA) is 38.1 Å². The quantitative estimate of drug-likeness (QED) is 0.637. The highest BCUT2D eigenvalue weighted by atomic mass is 19.4.